The van der Waals surface area contributed by atoms with E-state index in [4.69, 9.17) is 0 Å². The van der Waals surface area contributed by atoms with E-state index in [1.165, 1.54) is 18.7 Å². The van der Waals surface area contributed by atoms with E-state index in [9.17, 15) is 19.5 Å². The summed E-state index contributed by atoms with van der Waals surface area (Å²) in [7, 11) is 2.90. The zero-order valence-corrected chi connectivity index (χ0v) is 15.7. The molecule has 9 heteroatoms. The van der Waals surface area contributed by atoms with Crippen molar-refractivity contribution in [2.75, 3.05) is 0 Å². The first-order valence-electron chi connectivity index (χ1n) is 8.01. The third kappa shape index (κ3) is 3.76. The molecule has 0 fully saturated rings. The number of hydrogen-bond acceptors (Lipinski definition) is 7. The number of carboxylic acids is 1. The van der Waals surface area contributed by atoms with E-state index in [0.29, 0.717) is 18.7 Å². The number of carbonyl (C=O) groups is 1. The summed E-state index contributed by atoms with van der Waals surface area (Å²) < 4.78 is 2.25. The predicted octanol–water partition coefficient (Wildman–Crippen LogP) is -0.154. The highest BCUT2D eigenvalue weighted by Crippen LogP contribution is 2.28. The molecule has 0 aromatic carbocycles. The number of aromatic nitrogens is 4. The molecule has 25 heavy (non-hydrogen) atoms. The molecule has 2 rings (SSSR count). The van der Waals surface area contributed by atoms with Gasteiger partial charge in [0.25, 0.3) is 5.56 Å². The molecule has 2 aromatic rings. The molecule has 2 heterocycles. The van der Waals surface area contributed by atoms with Crippen LogP contribution in [0.5, 0.6) is 0 Å². The Balaban J connectivity index is 2.82. The minimum Gasteiger partial charge on any atom is -0.549 e. The van der Waals surface area contributed by atoms with Crippen molar-refractivity contribution in [2.45, 2.75) is 43.9 Å². The summed E-state index contributed by atoms with van der Waals surface area (Å²) in [6.07, 6.45) is 0.874. The topological polar surface area (TPSA) is 110 Å². The van der Waals surface area contributed by atoms with E-state index in [-0.39, 0.29) is 22.0 Å². The minimum atomic E-state index is -1.22. The van der Waals surface area contributed by atoms with Gasteiger partial charge in [-0.05, 0) is 12.3 Å². The van der Waals surface area contributed by atoms with Gasteiger partial charge in [-0.2, -0.15) is 0 Å². The van der Waals surface area contributed by atoms with Crippen LogP contribution in [0.2, 0.25) is 0 Å². The molecule has 0 saturated carbocycles. The van der Waals surface area contributed by atoms with E-state index in [0.717, 1.165) is 16.3 Å². The molecular formula is C16H21N4O4S-. The van der Waals surface area contributed by atoms with Crippen molar-refractivity contribution >= 4 is 28.8 Å². The molecule has 0 radical (unpaired) electrons. The van der Waals surface area contributed by atoms with Crippen LogP contribution in [0.4, 0.5) is 0 Å². The fourth-order valence-electron chi connectivity index (χ4n) is 2.45. The summed E-state index contributed by atoms with van der Waals surface area (Å²) in [5, 5.41) is 10.9. The highest BCUT2D eigenvalue weighted by Gasteiger charge is 2.20. The number of carboxylic acid groups (broad SMARTS) is 1. The second kappa shape index (κ2) is 7.38. The third-order valence-electron chi connectivity index (χ3n) is 3.79. The maximum atomic E-state index is 12.6. The Labute approximate surface area is 148 Å². The van der Waals surface area contributed by atoms with Crippen LogP contribution in [0.25, 0.3) is 11.0 Å². The van der Waals surface area contributed by atoms with E-state index in [2.05, 4.69) is 9.97 Å². The molecule has 2 aromatic heterocycles. The molecule has 8 nitrogen and oxygen atoms in total. The molecule has 0 aliphatic rings. The molecule has 0 saturated heterocycles. The van der Waals surface area contributed by atoms with Crippen molar-refractivity contribution in [3.8, 4) is 0 Å². The summed E-state index contributed by atoms with van der Waals surface area (Å²) in [4.78, 5) is 44.9. The first-order chi connectivity index (χ1) is 11.7. The van der Waals surface area contributed by atoms with Gasteiger partial charge < -0.3 is 9.90 Å². The largest absolute Gasteiger partial charge is 0.549 e. The molecule has 1 atom stereocenters. The van der Waals surface area contributed by atoms with Crippen molar-refractivity contribution in [1.82, 2.24) is 19.1 Å². The van der Waals surface area contributed by atoms with Gasteiger partial charge in [0.2, 0.25) is 0 Å². The molecule has 0 spiro atoms. The van der Waals surface area contributed by atoms with Crippen LogP contribution in [-0.2, 0) is 25.3 Å². The highest BCUT2D eigenvalue weighted by molar-refractivity contribution is 8.00. The van der Waals surface area contributed by atoms with Gasteiger partial charge in [-0.15, -0.1) is 0 Å². The Bertz CT molecular complexity index is 932. The Morgan fingerprint density at radius 2 is 1.84 bits per heavy atom. The van der Waals surface area contributed by atoms with Crippen LogP contribution in [0.3, 0.4) is 0 Å². The van der Waals surface area contributed by atoms with E-state index in [1.54, 1.807) is 6.92 Å². The first-order valence-corrected chi connectivity index (χ1v) is 8.89. The molecule has 0 amide bonds. The molecule has 0 unspecified atom stereocenters. The van der Waals surface area contributed by atoms with Crippen LogP contribution in [0.15, 0.2) is 14.6 Å². The molecular weight excluding hydrogens is 344 g/mol. The Kier molecular flexibility index (Phi) is 5.66. The summed E-state index contributed by atoms with van der Waals surface area (Å²) in [6, 6.07) is 0. The number of nitrogens with zero attached hydrogens (tertiary/aromatic N) is 4. The number of aryl methyl sites for hydroxylation is 1. The summed E-state index contributed by atoms with van der Waals surface area (Å²) >= 11 is 0.963. The summed E-state index contributed by atoms with van der Waals surface area (Å²) in [6.45, 7) is 5.72. The average Bonchev–Trinajstić information content (AvgIpc) is 2.54. The monoisotopic (exact) mass is 365 g/mol. The van der Waals surface area contributed by atoms with Gasteiger partial charge in [-0.1, -0.05) is 32.5 Å². The fourth-order valence-corrected chi connectivity index (χ4v) is 3.43. The van der Waals surface area contributed by atoms with Gasteiger partial charge in [-0.25, -0.2) is 14.8 Å². The average molecular weight is 365 g/mol. The number of aliphatic carboxylic acids is 1. The van der Waals surface area contributed by atoms with Crippen LogP contribution >= 0.6 is 11.8 Å². The van der Waals surface area contributed by atoms with Gasteiger partial charge >= 0.3 is 5.69 Å². The lowest BCUT2D eigenvalue weighted by Crippen LogP contribution is -2.38. The number of hydrogen-bond donors (Lipinski definition) is 0. The lowest BCUT2D eigenvalue weighted by molar-refractivity contribution is -0.304. The van der Waals surface area contributed by atoms with E-state index < -0.39 is 22.5 Å². The quantitative estimate of drug-likeness (QED) is 0.517. The second-order valence-electron chi connectivity index (χ2n) is 6.28. The van der Waals surface area contributed by atoms with Gasteiger partial charge in [0.1, 0.15) is 16.2 Å². The van der Waals surface area contributed by atoms with Crippen LogP contribution in [0.1, 0.15) is 33.0 Å². The van der Waals surface area contributed by atoms with Crippen molar-refractivity contribution in [3.05, 3.63) is 26.7 Å². The van der Waals surface area contributed by atoms with Crippen molar-refractivity contribution in [2.24, 2.45) is 20.0 Å². The van der Waals surface area contributed by atoms with Gasteiger partial charge in [0, 0.05) is 20.5 Å². The van der Waals surface area contributed by atoms with Crippen molar-refractivity contribution in [3.63, 3.8) is 0 Å². The predicted molar refractivity (Wildman–Crippen MR) is 93.5 cm³/mol. The van der Waals surface area contributed by atoms with Crippen LogP contribution in [-0.4, -0.2) is 30.3 Å². The first kappa shape index (κ1) is 19.2. The van der Waals surface area contributed by atoms with Crippen molar-refractivity contribution < 1.29 is 9.90 Å². The fraction of sp³-hybridized carbons (Fsp3) is 0.562. The molecule has 0 aliphatic heterocycles. The molecule has 0 aliphatic carbocycles. The zero-order valence-electron chi connectivity index (χ0n) is 14.9. The number of fused-ring (bicyclic) bond motifs is 1. The lowest BCUT2D eigenvalue weighted by atomic mass is 10.1. The minimum absolute atomic E-state index is 0.154. The Hall–Kier alpha value is -2.16. The smallest absolute Gasteiger partial charge is 0.332 e. The SMILES string of the molecule is CC[C@H](Sc1nc(CC(C)C)nc2c1c(=O)n(C)c(=O)n2C)C(=O)[O-]. The van der Waals surface area contributed by atoms with Crippen LogP contribution < -0.4 is 16.4 Å². The number of rotatable bonds is 6. The zero-order chi connectivity index (χ0) is 18.9. The van der Waals surface area contributed by atoms with E-state index in [1.807, 2.05) is 13.8 Å². The Morgan fingerprint density at radius 3 is 2.36 bits per heavy atom. The van der Waals surface area contributed by atoms with Crippen LogP contribution in [0, 0.1) is 5.92 Å². The highest BCUT2D eigenvalue weighted by atomic mass is 32.2. The number of thioether (sulfide) groups is 1. The lowest BCUT2D eigenvalue weighted by Gasteiger charge is -2.17. The standard InChI is InChI=1S/C16H22N4O4S/c1-6-9(15(22)23)25-13-11-12(17-10(18-13)7-8(2)3)19(4)16(24)20(5)14(11)21/h8-9H,6-7H2,1-5H3,(H,22,23)/p-1/t9-/m0/s1. The van der Waals surface area contributed by atoms with E-state index >= 15 is 0 Å². The van der Waals surface area contributed by atoms with Gasteiger partial charge in [-0.3, -0.25) is 13.9 Å². The summed E-state index contributed by atoms with van der Waals surface area (Å²) in [5.41, 5.74) is -0.811. The number of carbonyl (C=O) groups excluding carboxylic acids is 1. The second-order valence-corrected chi connectivity index (χ2v) is 7.47. The molecule has 0 N–H and O–H groups in total. The Morgan fingerprint density at radius 1 is 1.20 bits per heavy atom. The maximum absolute atomic E-state index is 12.6. The summed E-state index contributed by atoms with van der Waals surface area (Å²) in [5.74, 6) is -0.477. The third-order valence-corrected chi connectivity index (χ3v) is 5.12. The normalized spacial score (nSPS) is 12.7. The van der Waals surface area contributed by atoms with Gasteiger partial charge in [0.15, 0.2) is 5.65 Å². The molecule has 136 valence electrons. The van der Waals surface area contributed by atoms with Gasteiger partial charge in [0.05, 0.1) is 11.2 Å². The molecule has 0 bridgehead atoms. The van der Waals surface area contributed by atoms with Crippen molar-refractivity contribution in [1.29, 1.82) is 0 Å². The maximum Gasteiger partial charge on any atom is 0.332 e.